The second kappa shape index (κ2) is 9.93. The SMILES string of the molecule is CC(C)(C)[C@@H]1CCc2c(sc(NC(=S)NC(=O)c3ccc(-c4ccc(Cl)cc4Cl)o3)c2C(N)=O)C1. The molecule has 0 unspecified atom stereocenters. The van der Waals surface area contributed by atoms with Gasteiger partial charge in [-0.05, 0) is 78.7 Å². The summed E-state index contributed by atoms with van der Waals surface area (Å²) in [6, 6.07) is 8.17. The number of fused-ring (bicyclic) bond motifs is 1. The van der Waals surface area contributed by atoms with Crippen LogP contribution < -0.4 is 16.4 Å². The summed E-state index contributed by atoms with van der Waals surface area (Å²) in [7, 11) is 0. The molecule has 0 saturated heterocycles. The van der Waals surface area contributed by atoms with E-state index in [2.05, 4.69) is 31.4 Å². The van der Waals surface area contributed by atoms with Crippen molar-refractivity contribution in [2.75, 3.05) is 5.32 Å². The Labute approximate surface area is 223 Å². The number of nitrogens with one attached hydrogen (secondary N) is 2. The first-order chi connectivity index (χ1) is 16.4. The van der Waals surface area contributed by atoms with Crippen molar-refractivity contribution < 1.29 is 14.0 Å². The molecule has 10 heteroatoms. The number of benzene rings is 1. The van der Waals surface area contributed by atoms with Crippen LogP contribution in [0.3, 0.4) is 0 Å². The van der Waals surface area contributed by atoms with E-state index in [1.165, 1.54) is 17.4 Å². The summed E-state index contributed by atoms with van der Waals surface area (Å²) in [6.07, 6.45) is 2.66. The van der Waals surface area contributed by atoms with Gasteiger partial charge >= 0.3 is 0 Å². The number of nitrogens with two attached hydrogens (primary N) is 1. The Kier molecular flexibility index (Phi) is 7.29. The maximum absolute atomic E-state index is 12.7. The second-order valence-electron chi connectivity index (χ2n) is 9.57. The van der Waals surface area contributed by atoms with E-state index in [9.17, 15) is 9.59 Å². The zero-order valence-electron chi connectivity index (χ0n) is 19.5. The Morgan fingerprint density at radius 3 is 2.60 bits per heavy atom. The maximum atomic E-state index is 12.7. The van der Waals surface area contributed by atoms with Crippen molar-refractivity contribution in [2.45, 2.75) is 40.0 Å². The number of carbonyl (C=O) groups excluding carboxylic acids is 2. The van der Waals surface area contributed by atoms with Gasteiger partial charge in [0.25, 0.3) is 11.8 Å². The number of hydrogen-bond donors (Lipinski definition) is 3. The number of furan rings is 1. The van der Waals surface area contributed by atoms with Crippen LogP contribution in [0.2, 0.25) is 10.0 Å². The molecule has 4 rings (SSSR count). The van der Waals surface area contributed by atoms with Gasteiger partial charge in [0.1, 0.15) is 10.8 Å². The predicted molar refractivity (Wildman–Crippen MR) is 146 cm³/mol. The molecular weight excluding hydrogens is 525 g/mol. The van der Waals surface area contributed by atoms with Gasteiger partial charge in [0.15, 0.2) is 10.9 Å². The number of amides is 2. The van der Waals surface area contributed by atoms with Crippen LogP contribution in [0.25, 0.3) is 11.3 Å². The lowest BCUT2D eigenvalue weighted by molar-refractivity contribution is 0.0950. The minimum atomic E-state index is -0.534. The highest BCUT2D eigenvalue weighted by Gasteiger charge is 2.33. The molecule has 35 heavy (non-hydrogen) atoms. The largest absolute Gasteiger partial charge is 0.451 e. The van der Waals surface area contributed by atoms with Gasteiger partial charge in [-0.25, -0.2) is 0 Å². The molecule has 0 fully saturated rings. The summed E-state index contributed by atoms with van der Waals surface area (Å²) in [5, 5.41) is 7.10. The maximum Gasteiger partial charge on any atom is 0.293 e. The molecule has 1 aliphatic rings. The van der Waals surface area contributed by atoms with E-state index in [0.717, 1.165) is 29.7 Å². The minimum Gasteiger partial charge on any atom is -0.451 e. The van der Waals surface area contributed by atoms with E-state index in [4.69, 9.17) is 45.6 Å². The van der Waals surface area contributed by atoms with Gasteiger partial charge in [-0.1, -0.05) is 44.0 Å². The smallest absolute Gasteiger partial charge is 0.293 e. The molecule has 2 heterocycles. The molecule has 0 spiro atoms. The topological polar surface area (TPSA) is 97.4 Å². The first-order valence-corrected chi connectivity index (χ1v) is 13.0. The molecule has 6 nitrogen and oxygen atoms in total. The fourth-order valence-corrected chi connectivity index (χ4v) is 6.37. The van der Waals surface area contributed by atoms with Crippen molar-refractivity contribution in [2.24, 2.45) is 17.1 Å². The molecule has 2 amide bonds. The van der Waals surface area contributed by atoms with E-state index in [0.29, 0.717) is 37.9 Å². The average molecular weight is 551 g/mol. The molecule has 4 N–H and O–H groups in total. The first kappa shape index (κ1) is 25.7. The van der Waals surface area contributed by atoms with Crippen LogP contribution in [0.5, 0.6) is 0 Å². The van der Waals surface area contributed by atoms with Gasteiger partial charge < -0.3 is 15.5 Å². The van der Waals surface area contributed by atoms with Gasteiger partial charge in [-0.15, -0.1) is 11.3 Å². The Morgan fingerprint density at radius 2 is 1.94 bits per heavy atom. The monoisotopic (exact) mass is 549 g/mol. The Hall–Kier alpha value is -2.39. The number of rotatable bonds is 4. The van der Waals surface area contributed by atoms with Crippen molar-refractivity contribution in [1.82, 2.24) is 5.32 Å². The second-order valence-corrected chi connectivity index (χ2v) is 11.9. The van der Waals surface area contributed by atoms with Crippen LogP contribution in [-0.4, -0.2) is 16.9 Å². The summed E-state index contributed by atoms with van der Waals surface area (Å²) in [4.78, 5) is 26.1. The van der Waals surface area contributed by atoms with E-state index in [1.807, 2.05) is 0 Å². The standard InChI is InChI=1S/C25H25Cl2N3O3S2/c1-25(2,3)12-4-6-15-19(10-12)35-23(20(15)21(28)31)30-24(34)29-22(32)18-9-8-17(33-18)14-7-5-13(26)11-16(14)27/h5,7-9,11-12H,4,6,10H2,1-3H3,(H2,28,31)(H2,29,30,32,34)/t12-/m1/s1. The summed E-state index contributed by atoms with van der Waals surface area (Å²) in [5.74, 6) is -0.0524. The molecular formula is C25H25Cl2N3O3S2. The Morgan fingerprint density at radius 1 is 1.20 bits per heavy atom. The number of primary amides is 1. The molecule has 2 aromatic heterocycles. The highest BCUT2D eigenvalue weighted by molar-refractivity contribution is 7.80. The number of carbonyl (C=O) groups is 2. The van der Waals surface area contributed by atoms with Crippen LogP contribution in [0.1, 0.15) is 58.5 Å². The van der Waals surface area contributed by atoms with Gasteiger partial charge in [-0.3, -0.25) is 14.9 Å². The third-order valence-electron chi connectivity index (χ3n) is 6.22. The van der Waals surface area contributed by atoms with Crippen molar-refractivity contribution in [3.8, 4) is 11.3 Å². The Balaban J connectivity index is 1.48. The third-order valence-corrected chi connectivity index (χ3v) is 8.14. The van der Waals surface area contributed by atoms with E-state index >= 15 is 0 Å². The lowest BCUT2D eigenvalue weighted by Gasteiger charge is -2.33. The molecule has 0 radical (unpaired) electrons. The lowest BCUT2D eigenvalue weighted by Crippen LogP contribution is -2.34. The number of anilines is 1. The lowest BCUT2D eigenvalue weighted by atomic mass is 9.72. The van der Waals surface area contributed by atoms with Crippen LogP contribution in [-0.2, 0) is 12.8 Å². The van der Waals surface area contributed by atoms with Crippen molar-refractivity contribution in [3.05, 3.63) is 62.1 Å². The van der Waals surface area contributed by atoms with Gasteiger partial charge in [0.05, 0.1) is 10.6 Å². The number of hydrogen-bond acceptors (Lipinski definition) is 5. The highest BCUT2D eigenvalue weighted by Crippen LogP contribution is 2.44. The summed E-state index contributed by atoms with van der Waals surface area (Å²) in [6.45, 7) is 6.70. The molecule has 3 aromatic rings. The quantitative estimate of drug-likeness (QED) is 0.315. The van der Waals surface area contributed by atoms with Gasteiger partial charge in [0.2, 0.25) is 0 Å². The highest BCUT2D eigenvalue weighted by atomic mass is 35.5. The molecule has 0 bridgehead atoms. The summed E-state index contributed by atoms with van der Waals surface area (Å²) in [5.41, 5.74) is 7.93. The van der Waals surface area contributed by atoms with Crippen LogP contribution >= 0.6 is 46.8 Å². The van der Waals surface area contributed by atoms with E-state index in [1.54, 1.807) is 24.3 Å². The van der Waals surface area contributed by atoms with Crippen molar-refractivity contribution in [1.29, 1.82) is 0 Å². The average Bonchev–Trinajstić information content (AvgIpc) is 3.37. The molecule has 1 atom stereocenters. The summed E-state index contributed by atoms with van der Waals surface area (Å²) >= 11 is 19.0. The zero-order valence-corrected chi connectivity index (χ0v) is 22.6. The van der Waals surface area contributed by atoms with Gasteiger partial charge in [-0.2, -0.15) is 0 Å². The predicted octanol–water partition coefficient (Wildman–Crippen LogP) is 6.69. The zero-order chi connectivity index (χ0) is 25.5. The first-order valence-electron chi connectivity index (χ1n) is 11.1. The van der Waals surface area contributed by atoms with Crippen LogP contribution in [0.4, 0.5) is 5.00 Å². The minimum absolute atomic E-state index is 0.0472. The van der Waals surface area contributed by atoms with Crippen LogP contribution in [0, 0.1) is 11.3 Å². The molecule has 0 saturated carbocycles. The van der Waals surface area contributed by atoms with E-state index < -0.39 is 11.8 Å². The fourth-order valence-electron chi connectivity index (χ4n) is 4.27. The van der Waals surface area contributed by atoms with Crippen LogP contribution in [0.15, 0.2) is 34.7 Å². The van der Waals surface area contributed by atoms with E-state index in [-0.39, 0.29) is 16.3 Å². The molecule has 1 aromatic carbocycles. The molecule has 184 valence electrons. The number of thiophene rings is 1. The van der Waals surface area contributed by atoms with Crippen molar-refractivity contribution in [3.63, 3.8) is 0 Å². The normalized spacial score (nSPS) is 15.4. The number of halogens is 2. The Bertz CT molecular complexity index is 1320. The van der Waals surface area contributed by atoms with Gasteiger partial charge in [0, 0.05) is 15.5 Å². The molecule has 1 aliphatic carbocycles. The fraction of sp³-hybridized carbons (Fsp3) is 0.320. The third kappa shape index (κ3) is 5.56. The number of thiocarbonyl (C=S) groups is 1. The van der Waals surface area contributed by atoms with Crippen molar-refractivity contribution >= 4 is 68.7 Å². The molecule has 0 aliphatic heterocycles. The summed E-state index contributed by atoms with van der Waals surface area (Å²) < 4.78 is 5.68.